The minimum atomic E-state index is 0.0668. The van der Waals surface area contributed by atoms with Crippen LogP contribution >= 0.6 is 0 Å². The summed E-state index contributed by atoms with van der Waals surface area (Å²) < 4.78 is 5.07. The Balaban J connectivity index is 1.51. The Morgan fingerprint density at radius 3 is 3.09 bits per heavy atom. The zero-order chi connectivity index (χ0) is 15.8. The second-order valence-corrected chi connectivity index (χ2v) is 6.45. The van der Waals surface area contributed by atoms with E-state index in [0.717, 1.165) is 44.3 Å². The molecule has 1 saturated heterocycles. The Morgan fingerprint density at radius 2 is 2.26 bits per heavy atom. The number of likely N-dealkylation sites (tertiary alicyclic amines) is 1. The molecule has 2 aromatic rings. The highest BCUT2D eigenvalue weighted by molar-refractivity contribution is 5.94. The zero-order valence-electron chi connectivity index (χ0n) is 13.3. The summed E-state index contributed by atoms with van der Waals surface area (Å²) in [4.78, 5) is 23.5. The van der Waals surface area contributed by atoms with Gasteiger partial charge in [-0.1, -0.05) is 5.16 Å². The van der Waals surface area contributed by atoms with E-state index in [-0.39, 0.29) is 11.8 Å². The van der Waals surface area contributed by atoms with E-state index in [4.69, 9.17) is 4.52 Å². The normalized spacial score (nSPS) is 20.6. The molecule has 3 heterocycles. The molecule has 6 nitrogen and oxygen atoms in total. The van der Waals surface area contributed by atoms with E-state index < -0.39 is 0 Å². The number of carbonyl (C=O) groups excluding carboxylic acids is 1. The minimum Gasteiger partial charge on any atom is -0.340 e. The molecule has 0 spiro atoms. The molecule has 0 bridgehead atoms. The molecular formula is C17H20N4O2. The summed E-state index contributed by atoms with van der Waals surface area (Å²) in [5, 5.41) is 4.02. The lowest BCUT2D eigenvalue weighted by atomic mass is 9.96. The summed E-state index contributed by atoms with van der Waals surface area (Å²) in [7, 11) is 0. The number of nitrogens with zero attached hydrogens (tertiary/aromatic N) is 4. The average Bonchev–Trinajstić information content (AvgIpc) is 3.22. The molecule has 1 amide bonds. The van der Waals surface area contributed by atoms with Crippen LogP contribution in [0.2, 0.25) is 0 Å². The third-order valence-corrected chi connectivity index (χ3v) is 4.78. The smallest absolute Gasteiger partial charge is 0.255 e. The lowest BCUT2D eigenvalue weighted by Crippen LogP contribution is -2.39. The van der Waals surface area contributed by atoms with Crippen molar-refractivity contribution in [3.8, 4) is 0 Å². The summed E-state index contributed by atoms with van der Waals surface area (Å²) in [6.45, 7) is 3.22. The van der Waals surface area contributed by atoms with Gasteiger partial charge in [0.2, 0.25) is 5.89 Å². The Bertz CT molecular complexity index is 740. The largest absolute Gasteiger partial charge is 0.340 e. The van der Waals surface area contributed by atoms with Crippen molar-refractivity contribution in [3.05, 3.63) is 40.8 Å². The van der Waals surface area contributed by atoms with Crippen molar-refractivity contribution in [1.29, 1.82) is 0 Å². The van der Waals surface area contributed by atoms with Crippen LogP contribution in [-0.2, 0) is 12.8 Å². The van der Waals surface area contributed by atoms with Gasteiger partial charge in [-0.05, 0) is 43.7 Å². The van der Waals surface area contributed by atoms with E-state index in [0.29, 0.717) is 23.8 Å². The molecule has 0 saturated carbocycles. The Labute approximate surface area is 134 Å². The fourth-order valence-electron chi connectivity index (χ4n) is 3.58. The highest BCUT2D eigenvalue weighted by Crippen LogP contribution is 2.27. The number of aromatic nitrogens is 3. The van der Waals surface area contributed by atoms with Gasteiger partial charge in [0.25, 0.3) is 5.91 Å². The van der Waals surface area contributed by atoms with Crippen LogP contribution in [0.5, 0.6) is 0 Å². The first kappa shape index (κ1) is 14.4. The van der Waals surface area contributed by atoms with Crippen LogP contribution in [0.15, 0.2) is 16.8 Å². The van der Waals surface area contributed by atoms with E-state index >= 15 is 0 Å². The van der Waals surface area contributed by atoms with Gasteiger partial charge in [0, 0.05) is 37.8 Å². The molecule has 6 heteroatoms. The molecule has 0 radical (unpaired) electrons. The van der Waals surface area contributed by atoms with Crippen molar-refractivity contribution >= 4 is 5.91 Å². The van der Waals surface area contributed by atoms with Gasteiger partial charge in [0.15, 0.2) is 5.82 Å². The molecule has 1 fully saturated rings. The number of carbonyl (C=O) groups is 1. The molecule has 1 atom stereocenters. The lowest BCUT2D eigenvalue weighted by Gasteiger charge is -2.31. The minimum absolute atomic E-state index is 0.0668. The summed E-state index contributed by atoms with van der Waals surface area (Å²) in [6, 6.07) is 2.03. The van der Waals surface area contributed by atoms with Crippen LogP contribution in [0, 0.1) is 6.92 Å². The van der Waals surface area contributed by atoms with E-state index in [9.17, 15) is 4.79 Å². The summed E-state index contributed by atoms with van der Waals surface area (Å²) in [5.74, 6) is 1.52. The van der Waals surface area contributed by atoms with Crippen molar-refractivity contribution in [1.82, 2.24) is 20.0 Å². The summed E-state index contributed by atoms with van der Waals surface area (Å²) in [5.41, 5.74) is 3.09. The van der Waals surface area contributed by atoms with Gasteiger partial charge in [-0.25, -0.2) is 0 Å². The van der Waals surface area contributed by atoms with Crippen molar-refractivity contribution in [2.24, 2.45) is 0 Å². The van der Waals surface area contributed by atoms with Gasteiger partial charge in [-0.15, -0.1) is 0 Å². The van der Waals surface area contributed by atoms with E-state index in [1.54, 1.807) is 13.1 Å². The van der Waals surface area contributed by atoms with Crippen LogP contribution in [-0.4, -0.2) is 39.0 Å². The first-order valence-corrected chi connectivity index (χ1v) is 8.28. The van der Waals surface area contributed by atoms with Crippen LogP contribution in [0.4, 0.5) is 0 Å². The maximum atomic E-state index is 12.8. The van der Waals surface area contributed by atoms with E-state index in [1.807, 2.05) is 11.0 Å². The van der Waals surface area contributed by atoms with Crippen molar-refractivity contribution in [2.75, 3.05) is 13.1 Å². The monoisotopic (exact) mass is 312 g/mol. The quantitative estimate of drug-likeness (QED) is 0.850. The standard InChI is InChI=1S/C17H20N4O2/c1-11-19-16(20-23-11)13-5-3-7-21(10-13)17(22)14-8-12-4-2-6-15(12)18-9-14/h8-9,13H,2-7,10H2,1H3/t13-/m0/s1. The number of aryl methyl sites for hydroxylation is 3. The number of hydrogen-bond donors (Lipinski definition) is 0. The third kappa shape index (κ3) is 2.73. The Morgan fingerprint density at radius 1 is 1.35 bits per heavy atom. The van der Waals surface area contributed by atoms with Crippen molar-refractivity contribution in [2.45, 2.75) is 44.9 Å². The van der Waals surface area contributed by atoms with Gasteiger partial charge in [-0.3, -0.25) is 9.78 Å². The zero-order valence-corrected chi connectivity index (χ0v) is 13.3. The lowest BCUT2D eigenvalue weighted by molar-refractivity contribution is 0.0703. The van der Waals surface area contributed by atoms with Crippen molar-refractivity contribution in [3.63, 3.8) is 0 Å². The molecule has 0 N–H and O–H groups in total. The Hall–Kier alpha value is -2.24. The predicted molar refractivity (Wildman–Crippen MR) is 83.2 cm³/mol. The van der Waals surface area contributed by atoms with Gasteiger partial charge in [0.05, 0.1) is 5.56 Å². The molecular weight excluding hydrogens is 292 g/mol. The van der Waals surface area contributed by atoms with Crippen LogP contribution < -0.4 is 0 Å². The third-order valence-electron chi connectivity index (χ3n) is 4.78. The fraction of sp³-hybridized carbons (Fsp3) is 0.529. The molecule has 2 aliphatic rings. The number of pyridine rings is 1. The summed E-state index contributed by atoms with van der Waals surface area (Å²) >= 11 is 0. The first-order chi connectivity index (χ1) is 11.2. The molecule has 120 valence electrons. The SMILES string of the molecule is Cc1nc([C@H]2CCCN(C(=O)c3cnc4c(c3)CCC4)C2)no1. The highest BCUT2D eigenvalue weighted by atomic mass is 16.5. The van der Waals surface area contributed by atoms with Crippen LogP contribution in [0.1, 0.15) is 58.5 Å². The van der Waals surface area contributed by atoms with Crippen LogP contribution in [0.3, 0.4) is 0 Å². The van der Waals surface area contributed by atoms with E-state index in [2.05, 4.69) is 15.1 Å². The molecule has 1 aliphatic heterocycles. The topological polar surface area (TPSA) is 72.1 Å². The van der Waals surface area contributed by atoms with Gasteiger partial charge in [0.1, 0.15) is 0 Å². The first-order valence-electron chi connectivity index (χ1n) is 8.28. The van der Waals surface area contributed by atoms with Crippen molar-refractivity contribution < 1.29 is 9.32 Å². The molecule has 0 aromatic carbocycles. The van der Waals surface area contributed by atoms with Crippen LogP contribution in [0.25, 0.3) is 0 Å². The van der Waals surface area contributed by atoms with Gasteiger partial charge in [-0.2, -0.15) is 4.98 Å². The van der Waals surface area contributed by atoms with Gasteiger partial charge < -0.3 is 9.42 Å². The van der Waals surface area contributed by atoms with E-state index in [1.165, 1.54) is 5.56 Å². The second kappa shape index (κ2) is 5.76. The maximum Gasteiger partial charge on any atom is 0.255 e. The summed E-state index contributed by atoms with van der Waals surface area (Å²) in [6.07, 6.45) is 6.89. The number of hydrogen-bond acceptors (Lipinski definition) is 5. The number of fused-ring (bicyclic) bond motifs is 1. The molecule has 0 unspecified atom stereocenters. The fourth-order valence-corrected chi connectivity index (χ4v) is 3.58. The molecule has 4 rings (SSSR count). The average molecular weight is 312 g/mol. The predicted octanol–water partition coefficient (Wildman–Crippen LogP) is 2.28. The maximum absolute atomic E-state index is 12.8. The highest BCUT2D eigenvalue weighted by Gasteiger charge is 2.29. The molecule has 23 heavy (non-hydrogen) atoms. The second-order valence-electron chi connectivity index (χ2n) is 6.45. The molecule has 2 aromatic heterocycles. The number of amides is 1. The molecule has 1 aliphatic carbocycles. The van der Waals surface area contributed by atoms with Gasteiger partial charge >= 0.3 is 0 Å². The number of rotatable bonds is 2. The Kier molecular flexibility index (Phi) is 3.59. The number of piperidine rings is 1.